The van der Waals surface area contributed by atoms with E-state index < -0.39 is 8.07 Å². The largest absolute Gasteiger partial charge is 0.208 e. The number of rotatable bonds is 4. The van der Waals surface area contributed by atoms with Crippen LogP contribution in [-0.4, -0.2) is 23.0 Å². The first kappa shape index (κ1) is 27.6. The van der Waals surface area contributed by atoms with Crippen molar-refractivity contribution in [3.05, 3.63) is 152 Å². The van der Waals surface area contributed by atoms with Gasteiger partial charge >= 0.3 is 0 Å². The molecule has 0 atom stereocenters. The smallest absolute Gasteiger partial charge is 0.164 e. The standard InChI is InChI=1S/C43H31N3Si/c1-47(2)39-27-36(21-22-37(39)38-25-30-15-9-10-16-31(30)26-40(38)47)43-45-41(29-13-7-4-8-14-29)44-42(46-43)35-20-19-33-23-32(17-18-34(33)24-35)28-11-5-3-6-12-28/h3-27H,1-2H3. The lowest BCUT2D eigenvalue weighted by atomic mass is 9.99. The van der Waals surface area contributed by atoms with Crippen LogP contribution >= 0.6 is 0 Å². The molecular weight excluding hydrogens is 587 g/mol. The molecule has 1 aromatic heterocycles. The second-order valence-electron chi connectivity index (χ2n) is 12.9. The van der Waals surface area contributed by atoms with E-state index in [4.69, 9.17) is 15.0 Å². The molecule has 0 aliphatic carbocycles. The Kier molecular flexibility index (Phi) is 6.27. The monoisotopic (exact) mass is 617 g/mol. The summed E-state index contributed by atoms with van der Waals surface area (Å²) >= 11 is 0. The zero-order valence-electron chi connectivity index (χ0n) is 26.3. The summed E-state index contributed by atoms with van der Waals surface area (Å²) in [5.41, 5.74) is 8.10. The fraction of sp³-hybridized carbons (Fsp3) is 0.0465. The van der Waals surface area contributed by atoms with Crippen LogP contribution in [0.3, 0.4) is 0 Å². The van der Waals surface area contributed by atoms with E-state index >= 15 is 0 Å². The molecule has 0 saturated heterocycles. The molecule has 0 amide bonds. The van der Waals surface area contributed by atoms with Crippen LogP contribution < -0.4 is 10.4 Å². The summed E-state index contributed by atoms with van der Waals surface area (Å²) in [5, 5.41) is 7.86. The molecule has 0 fully saturated rings. The number of benzene rings is 7. The van der Waals surface area contributed by atoms with Crippen LogP contribution in [-0.2, 0) is 0 Å². The Morgan fingerprint density at radius 1 is 0.340 bits per heavy atom. The molecule has 222 valence electrons. The molecule has 4 heteroatoms. The minimum Gasteiger partial charge on any atom is -0.208 e. The highest BCUT2D eigenvalue weighted by Crippen LogP contribution is 2.34. The van der Waals surface area contributed by atoms with E-state index in [2.05, 4.69) is 147 Å². The number of hydrogen-bond acceptors (Lipinski definition) is 3. The minimum atomic E-state index is -1.95. The molecule has 2 heterocycles. The van der Waals surface area contributed by atoms with Gasteiger partial charge in [0.1, 0.15) is 8.07 Å². The quantitative estimate of drug-likeness (QED) is 0.185. The second kappa shape index (κ2) is 10.7. The predicted molar refractivity (Wildman–Crippen MR) is 199 cm³/mol. The van der Waals surface area contributed by atoms with Gasteiger partial charge in [-0.05, 0) is 72.4 Å². The van der Waals surface area contributed by atoms with Gasteiger partial charge in [-0.2, -0.15) is 0 Å². The van der Waals surface area contributed by atoms with Crippen molar-refractivity contribution in [2.45, 2.75) is 13.1 Å². The number of hydrogen-bond donors (Lipinski definition) is 0. The van der Waals surface area contributed by atoms with Crippen molar-refractivity contribution < 1.29 is 0 Å². The lowest BCUT2D eigenvalue weighted by molar-refractivity contribution is 1.07. The van der Waals surface area contributed by atoms with Gasteiger partial charge in [-0.1, -0.05) is 147 Å². The third-order valence-corrected chi connectivity index (χ3v) is 13.2. The molecular formula is C43H31N3Si. The Hall–Kier alpha value is -5.71. The van der Waals surface area contributed by atoms with Crippen LogP contribution in [0.25, 0.3) is 78.0 Å². The SMILES string of the molecule is C[Si]1(C)c2cc(-c3nc(-c4ccccc4)nc(-c4ccc5cc(-c6ccccc6)ccc5c4)n3)ccc2-c2cc3ccccc3cc21. The maximum Gasteiger partial charge on any atom is 0.164 e. The van der Waals surface area contributed by atoms with Gasteiger partial charge in [-0.25, -0.2) is 15.0 Å². The average molecular weight is 618 g/mol. The Balaban J connectivity index is 1.17. The van der Waals surface area contributed by atoms with Crippen LogP contribution in [0.15, 0.2) is 152 Å². The molecule has 8 aromatic rings. The molecule has 0 unspecified atom stereocenters. The lowest BCUT2D eigenvalue weighted by Gasteiger charge is -2.19. The first-order valence-corrected chi connectivity index (χ1v) is 19.1. The molecule has 0 N–H and O–H groups in total. The van der Waals surface area contributed by atoms with Crippen LogP contribution in [0.2, 0.25) is 13.1 Å². The van der Waals surface area contributed by atoms with Crippen LogP contribution in [0, 0.1) is 0 Å². The van der Waals surface area contributed by atoms with Crippen LogP contribution in [0.5, 0.6) is 0 Å². The summed E-state index contributed by atoms with van der Waals surface area (Å²) in [6.07, 6.45) is 0. The Morgan fingerprint density at radius 3 is 1.49 bits per heavy atom. The van der Waals surface area contributed by atoms with Gasteiger partial charge in [-0.3, -0.25) is 0 Å². The topological polar surface area (TPSA) is 38.7 Å². The van der Waals surface area contributed by atoms with Crippen LogP contribution in [0.1, 0.15) is 0 Å². The maximum absolute atomic E-state index is 5.13. The molecule has 1 aliphatic heterocycles. The molecule has 47 heavy (non-hydrogen) atoms. The summed E-state index contributed by atoms with van der Waals surface area (Å²) in [5.74, 6) is 2.05. The third kappa shape index (κ3) is 4.68. The van der Waals surface area contributed by atoms with Gasteiger partial charge in [0, 0.05) is 16.7 Å². The first-order chi connectivity index (χ1) is 23.0. The van der Waals surface area contributed by atoms with E-state index in [1.807, 2.05) is 18.2 Å². The van der Waals surface area contributed by atoms with E-state index in [-0.39, 0.29) is 0 Å². The molecule has 0 saturated carbocycles. The van der Waals surface area contributed by atoms with Gasteiger partial charge in [-0.15, -0.1) is 0 Å². The van der Waals surface area contributed by atoms with Crippen molar-refractivity contribution in [3.8, 4) is 56.4 Å². The average Bonchev–Trinajstić information content (AvgIpc) is 3.35. The fourth-order valence-corrected chi connectivity index (χ4v) is 10.2. The van der Waals surface area contributed by atoms with Gasteiger partial charge in [0.2, 0.25) is 0 Å². The van der Waals surface area contributed by atoms with Crippen molar-refractivity contribution in [1.29, 1.82) is 0 Å². The highest BCUT2D eigenvalue weighted by atomic mass is 28.3. The second-order valence-corrected chi connectivity index (χ2v) is 17.3. The number of aromatic nitrogens is 3. The van der Waals surface area contributed by atoms with E-state index in [1.54, 1.807) is 0 Å². The zero-order valence-corrected chi connectivity index (χ0v) is 27.3. The molecule has 9 rings (SSSR count). The highest BCUT2D eigenvalue weighted by Gasteiger charge is 2.38. The number of nitrogens with zero attached hydrogens (tertiary/aromatic N) is 3. The summed E-state index contributed by atoms with van der Waals surface area (Å²) in [6.45, 7) is 4.92. The van der Waals surface area contributed by atoms with Crippen molar-refractivity contribution in [1.82, 2.24) is 15.0 Å². The summed E-state index contributed by atoms with van der Waals surface area (Å²) in [7, 11) is -1.95. The van der Waals surface area contributed by atoms with E-state index in [9.17, 15) is 0 Å². The Bertz CT molecular complexity index is 2490. The Morgan fingerprint density at radius 2 is 0.809 bits per heavy atom. The highest BCUT2D eigenvalue weighted by molar-refractivity contribution is 7.04. The van der Waals surface area contributed by atoms with E-state index in [1.165, 1.54) is 48.8 Å². The molecule has 0 spiro atoms. The number of fused-ring (bicyclic) bond motifs is 5. The lowest BCUT2D eigenvalue weighted by Crippen LogP contribution is -2.49. The normalized spacial score (nSPS) is 13.1. The molecule has 7 aromatic carbocycles. The first-order valence-electron chi connectivity index (χ1n) is 16.1. The third-order valence-electron chi connectivity index (χ3n) is 9.67. The minimum absolute atomic E-state index is 0.675. The van der Waals surface area contributed by atoms with Crippen molar-refractivity contribution >= 4 is 40.0 Å². The van der Waals surface area contributed by atoms with Crippen LogP contribution in [0.4, 0.5) is 0 Å². The van der Waals surface area contributed by atoms with Crippen molar-refractivity contribution in [3.63, 3.8) is 0 Å². The van der Waals surface area contributed by atoms with Gasteiger partial charge < -0.3 is 0 Å². The summed E-state index contributed by atoms with van der Waals surface area (Å²) in [4.78, 5) is 15.2. The van der Waals surface area contributed by atoms with E-state index in [0.717, 1.165) is 22.1 Å². The fourth-order valence-electron chi connectivity index (χ4n) is 7.11. The molecule has 0 radical (unpaired) electrons. The summed E-state index contributed by atoms with van der Waals surface area (Å²) < 4.78 is 0. The van der Waals surface area contributed by atoms with Gasteiger partial charge in [0.05, 0.1) is 0 Å². The van der Waals surface area contributed by atoms with Crippen molar-refractivity contribution in [2.75, 3.05) is 0 Å². The maximum atomic E-state index is 5.13. The Labute approximate surface area is 275 Å². The van der Waals surface area contributed by atoms with Gasteiger partial charge in [0.15, 0.2) is 17.5 Å². The van der Waals surface area contributed by atoms with Crippen molar-refractivity contribution in [2.24, 2.45) is 0 Å². The molecule has 3 nitrogen and oxygen atoms in total. The molecule has 0 bridgehead atoms. The molecule has 1 aliphatic rings. The summed E-state index contributed by atoms with van der Waals surface area (Å²) in [6, 6.07) is 54.2. The predicted octanol–water partition coefficient (Wildman–Crippen LogP) is 9.65. The van der Waals surface area contributed by atoms with E-state index in [0.29, 0.717) is 17.5 Å². The zero-order chi connectivity index (χ0) is 31.5. The van der Waals surface area contributed by atoms with Gasteiger partial charge in [0.25, 0.3) is 0 Å².